The van der Waals surface area contributed by atoms with Crippen LogP contribution in [0.3, 0.4) is 0 Å². The zero-order valence-corrected chi connectivity index (χ0v) is 19.8. The second kappa shape index (κ2) is 10.1. The molecule has 4 rings (SSSR count). The van der Waals surface area contributed by atoms with Crippen LogP contribution in [0.25, 0.3) is 10.8 Å². The number of halogens is 6. The fourth-order valence-electron chi connectivity index (χ4n) is 5.54. The number of alkyl halides is 6. The monoisotopic (exact) mass is 517 g/mol. The highest BCUT2D eigenvalue weighted by atomic mass is 19.4. The fraction of sp³-hybridized carbons (Fsp3) is 0.577. The summed E-state index contributed by atoms with van der Waals surface area (Å²) in [6.07, 6.45) is -9.39. The lowest BCUT2D eigenvalue weighted by Crippen LogP contribution is -2.41. The topological polar surface area (TPSA) is 49.8 Å². The van der Waals surface area contributed by atoms with Gasteiger partial charge in [0.25, 0.3) is 0 Å². The van der Waals surface area contributed by atoms with Crippen LogP contribution in [-0.4, -0.2) is 41.3 Å². The van der Waals surface area contributed by atoms with E-state index in [1.54, 1.807) is 18.2 Å². The molecule has 36 heavy (non-hydrogen) atoms. The van der Waals surface area contributed by atoms with Crippen molar-refractivity contribution in [2.45, 2.75) is 64.0 Å². The highest BCUT2D eigenvalue weighted by molar-refractivity contribution is 5.89. The van der Waals surface area contributed by atoms with Crippen molar-refractivity contribution < 1.29 is 41.0 Å². The highest BCUT2D eigenvalue weighted by Gasteiger charge is 2.43. The van der Waals surface area contributed by atoms with Crippen LogP contribution in [0.5, 0.6) is 5.75 Å². The first kappa shape index (κ1) is 26.6. The van der Waals surface area contributed by atoms with Crippen molar-refractivity contribution in [3.63, 3.8) is 0 Å². The molecule has 10 heteroatoms. The predicted molar refractivity (Wildman–Crippen MR) is 122 cm³/mol. The molecule has 2 fully saturated rings. The number of likely N-dealkylation sites (tertiary alicyclic amines) is 1. The Hall–Kier alpha value is -2.49. The minimum Gasteiger partial charge on any atom is -0.490 e. The van der Waals surface area contributed by atoms with Gasteiger partial charge >= 0.3 is 18.3 Å². The van der Waals surface area contributed by atoms with E-state index in [-0.39, 0.29) is 42.7 Å². The molecule has 1 saturated carbocycles. The van der Waals surface area contributed by atoms with Gasteiger partial charge in [0.1, 0.15) is 11.3 Å². The number of fused-ring (bicyclic) bond motifs is 1. The number of aliphatic carboxylic acids is 1. The third kappa shape index (κ3) is 5.90. The number of benzene rings is 2. The van der Waals surface area contributed by atoms with Gasteiger partial charge in [0, 0.05) is 13.1 Å². The number of piperidine rings is 1. The molecule has 1 saturated heterocycles. The average Bonchev–Trinajstić information content (AvgIpc) is 2.78. The maximum Gasteiger partial charge on any atom is 0.420 e. The summed E-state index contributed by atoms with van der Waals surface area (Å²) in [7, 11) is 0. The largest absolute Gasteiger partial charge is 0.490 e. The molecule has 1 aliphatic carbocycles. The molecule has 4 nitrogen and oxygen atoms in total. The first-order chi connectivity index (χ1) is 16.8. The Morgan fingerprint density at radius 2 is 1.72 bits per heavy atom. The van der Waals surface area contributed by atoms with Crippen molar-refractivity contribution in [3.8, 4) is 5.75 Å². The Kier molecular flexibility index (Phi) is 7.46. The van der Waals surface area contributed by atoms with E-state index in [1.807, 2.05) is 6.92 Å². The summed E-state index contributed by atoms with van der Waals surface area (Å²) >= 11 is 0. The molecule has 0 radical (unpaired) electrons. The van der Waals surface area contributed by atoms with Gasteiger partial charge in [-0.25, -0.2) is 0 Å². The van der Waals surface area contributed by atoms with Crippen molar-refractivity contribution in [2.75, 3.05) is 13.1 Å². The van der Waals surface area contributed by atoms with Crippen molar-refractivity contribution in [2.24, 2.45) is 17.8 Å². The molecule has 0 amide bonds. The van der Waals surface area contributed by atoms with Gasteiger partial charge in [0.05, 0.1) is 17.9 Å². The Morgan fingerprint density at radius 1 is 1.03 bits per heavy atom. The third-order valence-corrected chi connectivity index (χ3v) is 7.47. The van der Waals surface area contributed by atoms with Crippen LogP contribution in [0.15, 0.2) is 30.3 Å². The lowest BCUT2D eigenvalue weighted by atomic mass is 9.87. The molecule has 2 unspecified atom stereocenters. The Labute approximate surface area is 205 Å². The van der Waals surface area contributed by atoms with Gasteiger partial charge in [0.2, 0.25) is 0 Å². The van der Waals surface area contributed by atoms with Gasteiger partial charge in [-0.05, 0) is 73.0 Å². The molecule has 0 spiro atoms. The van der Waals surface area contributed by atoms with Crippen LogP contribution >= 0.6 is 0 Å². The first-order valence-corrected chi connectivity index (χ1v) is 12.1. The van der Waals surface area contributed by atoms with Gasteiger partial charge in [0.15, 0.2) is 0 Å². The van der Waals surface area contributed by atoms with E-state index in [4.69, 9.17) is 4.74 Å². The summed E-state index contributed by atoms with van der Waals surface area (Å²) in [4.78, 5) is 13.4. The molecule has 2 aliphatic rings. The van der Waals surface area contributed by atoms with Gasteiger partial charge in [-0.2, -0.15) is 26.3 Å². The van der Waals surface area contributed by atoms with E-state index < -0.39 is 41.8 Å². The molecule has 2 aromatic rings. The lowest BCUT2D eigenvalue weighted by molar-refractivity contribution is -0.185. The normalized spacial score (nSPS) is 26.2. The molecule has 1 heterocycles. The van der Waals surface area contributed by atoms with Crippen molar-refractivity contribution in [3.05, 3.63) is 41.5 Å². The lowest BCUT2D eigenvalue weighted by Gasteiger charge is -2.35. The molecular weight excluding hydrogens is 488 g/mol. The predicted octanol–water partition coefficient (Wildman–Crippen LogP) is 6.90. The summed E-state index contributed by atoms with van der Waals surface area (Å²) in [5, 5.41) is 9.67. The van der Waals surface area contributed by atoms with Crippen LogP contribution in [0, 0.1) is 17.8 Å². The molecular formula is C26H29F6NO3. The molecule has 198 valence electrons. The van der Waals surface area contributed by atoms with Crippen molar-refractivity contribution in [1.29, 1.82) is 0 Å². The van der Waals surface area contributed by atoms with E-state index in [9.17, 15) is 36.2 Å². The summed E-state index contributed by atoms with van der Waals surface area (Å²) in [6.45, 7) is 3.56. The van der Waals surface area contributed by atoms with Crippen LogP contribution in [0.4, 0.5) is 26.3 Å². The molecule has 0 aromatic heterocycles. The smallest absolute Gasteiger partial charge is 0.420 e. The van der Waals surface area contributed by atoms with E-state index in [1.165, 1.54) is 12.1 Å². The number of ether oxygens (including phenoxy) is 1. The molecule has 1 N–H and O–H groups in total. The Balaban J connectivity index is 1.52. The minimum absolute atomic E-state index is 0.0225. The number of carboxylic acid groups (broad SMARTS) is 1. The summed E-state index contributed by atoms with van der Waals surface area (Å²) in [5.74, 6) is -3.03. The van der Waals surface area contributed by atoms with Gasteiger partial charge in [-0.15, -0.1) is 0 Å². The SMILES string of the molecule is CC1CN(Cc2ccc3c(C(F)(F)F)c(O[C@H]4CC[C@@H](C(F)(F)F)CC4)ccc3c2)CCC1C(=O)O. The van der Waals surface area contributed by atoms with Crippen molar-refractivity contribution >= 4 is 16.7 Å². The standard InChI is InChI=1S/C26H29F6NO3/c1-15-13-33(11-10-20(15)24(34)35)14-16-2-8-21-17(12-16)3-9-22(23(21)26(30,31)32)36-19-6-4-18(5-7-19)25(27,28)29/h2-3,8-9,12,15,18-20H,4-7,10-11,13-14H2,1H3,(H,34,35)/t15?,18-,19+,20?. The number of hydrogen-bond acceptors (Lipinski definition) is 3. The molecule has 1 aliphatic heterocycles. The molecule has 0 bridgehead atoms. The molecule has 2 atom stereocenters. The van der Waals surface area contributed by atoms with Crippen LogP contribution in [-0.2, 0) is 17.5 Å². The quantitative estimate of drug-likeness (QED) is 0.439. The second-order valence-electron chi connectivity index (χ2n) is 10.1. The summed E-state index contributed by atoms with van der Waals surface area (Å²) in [6, 6.07) is 7.53. The third-order valence-electron chi connectivity index (χ3n) is 7.47. The van der Waals surface area contributed by atoms with E-state index in [0.29, 0.717) is 31.4 Å². The number of carbonyl (C=O) groups is 1. The highest BCUT2D eigenvalue weighted by Crippen LogP contribution is 2.44. The number of carboxylic acids is 1. The number of nitrogens with zero attached hydrogens (tertiary/aromatic N) is 1. The maximum atomic E-state index is 14.1. The van der Waals surface area contributed by atoms with E-state index >= 15 is 0 Å². The summed E-state index contributed by atoms with van der Waals surface area (Å²) < 4.78 is 86.7. The fourth-order valence-corrected chi connectivity index (χ4v) is 5.54. The van der Waals surface area contributed by atoms with Crippen molar-refractivity contribution in [1.82, 2.24) is 4.90 Å². The average molecular weight is 518 g/mol. The van der Waals surface area contributed by atoms with Crippen LogP contribution in [0.1, 0.15) is 50.2 Å². The van der Waals surface area contributed by atoms with E-state index in [2.05, 4.69) is 4.90 Å². The minimum atomic E-state index is -4.70. The maximum absolute atomic E-state index is 14.1. The zero-order valence-electron chi connectivity index (χ0n) is 19.8. The van der Waals surface area contributed by atoms with Crippen LogP contribution < -0.4 is 4.74 Å². The summed E-state index contributed by atoms with van der Waals surface area (Å²) in [5.41, 5.74) is -0.101. The van der Waals surface area contributed by atoms with E-state index in [0.717, 1.165) is 5.56 Å². The van der Waals surface area contributed by atoms with Gasteiger partial charge in [-0.3, -0.25) is 9.69 Å². The Morgan fingerprint density at radius 3 is 2.31 bits per heavy atom. The van der Waals surface area contributed by atoms with Crippen LogP contribution in [0.2, 0.25) is 0 Å². The second-order valence-corrected chi connectivity index (χ2v) is 10.1. The first-order valence-electron chi connectivity index (χ1n) is 12.1. The Bertz CT molecular complexity index is 1090. The zero-order chi connectivity index (χ0) is 26.3. The molecule has 2 aromatic carbocycles. The number of hydrogen-bond donors (Lipinski definition) is 1. The number of rotatable bonds is 5. The van der Waals surface area contributed by atoms with Gasteiger partial charge < -0.3 is 9.84 Å². The van der Waals surface area contributed by atoms with Gasteiger partial charge in [-0.1, -0.05) is 25.1 Å².